The second-order valence-electron chi connectivity index (χ2n) is 4.59. The quantitative estimate of drug-likeness (QED) is 0.828. The van der Waals surface area contributed by atoms with Crippen molar-refractivity contribution in [2.75, 3.05) is 11.9 Å². The normalized spacial score (nSPS) is 10.0. The summed E-state index contributed by atoms with van der Waals surface area (Å²) >= 11 is 3.32. The lowest BCUT2D eigenvalue weighted by molar-refractivity contribution is -0.118. The lowest BCUT2D eigenvalue weighted by Crippen LogP contribution is -2.22. The third-order valence-electron chi connectivity index (χ3n) is 2.84. The van der Waals surface area contributed by atoms with Crippen molar-refractivity contribution >= 4 is 33.4 Å². The highest BCUT2D eigenvalue weighted by Gasteiger charge is 2.09. The molecule has 114 valence electrons. The van der Waals surface area contributed by atoms with Crippen LogP contribution in [0.15, 0.2) is 53.0 Å². The van der Waals surface area contributed by atoms with Crippen molar-refractivity contribution in [3.8, 4) is 5.75 Å². The smallest absolute Gasteiger partial charge is 0.262 e. The Kier molecular flexibility index (Phi) is 5.55. The number of anilines is 1. The van der Waals surface area contributed by atoms with Gasteiger partial charge in [-0.15, -0.1) is 0 Å². The third kappa shape index (κ3) is 4.89. The number of hydrogen-bond acceptors (Lipinski definition) is 3. The molecule has 0 aromatic heterocycles. The highest BCUT2D eigenvalue weighted by molar-refractivity contribution is 9.10. The number of halogens is 1. The van der Waals surface area contributed by atoms with Crippen LogP contribution in [-0.4, -0.2) is 18.4 Å². The Balaban J connectivity index is 1.94. The molecular formula is C16H15BrN2O3. The lowest BCUT2D eigenvalue weighted by atomic mass is 10.1. The predicted octanol–water partition coefficient (Wildman–Crippen LogP) is 2.49. The Bertz CT molecular complexity index is 671. The summed E-state index contributed by atoms with van der Waals surface area (Å²) in [7, 11) is 0. The second kappa shape index (κ2) is 7.61. The Hall–Kier alpha value is -2.34. The summed E-state index contributed by atoms with van der Waals surface area (Å²) in [6, 6.07) is 14.2. The Morgan fingerprint density at radius 1 is 1.09 bits per heavy atom. The van der Waals surface area contributed by atoms with Gasteiger partial charge in [-0.3, -0.25) is 9.59 Å². The van der Waals surface area contributed by atoms with Crippen LogP contribution >= 0.6 is 15.9 Å². The number of rotatable bonds is 6. The fourth-order valence-corrected chi connectivity index (χ4v) is 2.11. The minimum atomic E-state index is -0.451. The van der Waals surface area contributed by atoms with Crippen molar-refractivity contribution in [2.24, 2.45) is 5.73 Å². The molecule has 0 radical (unpaired) electrons. The van der Waals surface area contributed by atoms with Crippen LogP contribution in [0.5, 0.6) is 5.75 Å². The lowest BCUT2D eigenvalue weighted by Gasteiger charge is -2.11. The number of ether oxygens (including phenoxy) is 1. The van der Waals surface area contributed by atoms with Crippen molar-refractivity contribution < 1.29 is 14.3 Å². The number of nitrogens with two attached hydrogens (primary N) is 1. The van der Waals surface area contributed by atoms with E-state index in [-0.39, 0.29) is 18.9 Å². The van der Waals surface area contributed by atoms with Gasteiger partial charge in [-0.25, -0.2) is 0 Å². The zero-order valence-electron chi connectivity index (χ0n) is 11.7. The fourth-order valence-electron chi connectivity index (χ4n) is 1.85. The first-order chi connectivity index (χ1) is 10.5. The van der Waals surface area contributed by atoms with Gasteiger partial charge in [0.1, 0.15) is 5.75 Å². The van der Waals surface area contributed by atoms with E-state index in [1.165, 1.54) is 0 Å². The zero-order valence-corrected chi connectivity index (χ0v) is 13.3. The molecule has 2 rings (SSSR count). The molecule has 0 aliphatic heterocycles. The second-order valence-corrected chi connectivity index (χ2v) is 5.51. The zero-order chi connectivity index (χ0) is 15.9. The topological polar surface area (TPSA) is 81.4 Å². The minimum absolute atomic E-state index is 0.0734. The summed E-state index contributed by atoms with van der Waals surface area (Å²) in [6.45, 7) is -0.119. The average molecular weight is 363 g/mol. The number of para-hydroxylation sites is 1. The number of amides is 2. The molecule has 6 heteroatoms. The van der Waals surface area contributed by atoms with Crippen molar-refractivity contribution in [3.63, 3.8) is 0 Å². The summed E-state index contributed by atoms with van der Waals surface area (Å²) in [5.41, 5.74) is 6.42. The Labute approximate surface area is 136 Å². The van der Waals surface area contributed by atoms with Gasteiger partial charge in [-0.1, -0.05) is 34.1 Å². The first-order valence-electron chi connectivity index (χ1n) is 6.59. The molecular weight excluding hydrogens is 348 g/mol. The van der Waals surface area contributed by atoms with E-state index in [0.717, 1.165) is 4.47 Å². The van der Waals surface area contributed by atoms with E-state index >= 15 is 0 Å². The molecule has 0 heterocycles. The van der Waals surface area contributed by atoms with Crippen LogP contribution in [-0.2, 0) is 16.0 Å². The summed E-state index contributed by atoms with van der Waals surface area (Å²) in [5.74, 6) is -0.156. The third-order valence-corrected chi connectivity index (χ3v) is 3.37. The Morgan fingerprint density at radius 3 is 2.45 bits per heavy atom. The molecule has 0 aliphatic rings. The summed E-state index contributed by atoms with van der Waals surface area (Å²) in [6.07, 6.45) is 0.0734. The maximum absolute atomic E-state index is 11.9. The van der Waals surface area contributed by atoms with Crippen molar-refractivity contribution in [2.45, 2.75) is 6.42 Å². The maximum atomic E-state index is 11.9. The summed E-state index contributed by atoms with van der Waals surface area (Å²) in [4.78, 5) is 23.0. The SMILES string of the molecule is NC(=O)Cc1ccccc1NC(=O)COc1ccc(Br)cc1. The van der Waals surface area contributed by atoms with Gasteiger partial charge in [0.25, 0.3) is 5.91 Å². The molecule has 0 bridgehead atoms. The van der Waals surface area contributed by atoms with Crippen LogP contribution in [0.25, 0.3) is 0 Å². The molecule has 0 aliphatic carbocycles. The molecule has 0 unspecified atom stereocenters. The molecule has 0 saturated heterocycles. The molecule has 2 amide bonds. The van der Waals surface area contributed by atoms with Crippen LogP contribution in [0.2, 0.25) is 0 Å². The van der Waals surface area contributed by atoms with Gasteiger partial charge < -0.3 is 15.8 Å². The van der Waals surface area contributed by atoms with Gasteiger partial charge in [-0.05, 0) is 35.9 Å². The molecule has 0 spiro atoms. The van der Waals surface area contributed by atoms with Crippen LogP contribution in [0.1, 0.15) is 5.56 Å². The minimum Gasteiger partial charge on any atom is -0.484 e. The van der Waals surface area contributed by atoms with Gasteiger partial charge in [0.2, 0.25) is 5.91 Å². The molecule has 22 heavy (non-hydrogen) atoms. The molecule has 3 N–H and O–H groups in total. The van der Waals surface area contributed by atoms with E-state index in [9.17, 15) is 9.59 Å². The van der Waals surface area contributed by atoms with E-state index in [1.807, 2.05) is 12.1 Å². The molecule has 0 atom stereocenters. The number of benzene rings is 2. The molecule has 2 aromatic carbocycles. The van der Waals surface area contributed by atoms with E-state index in [1.54, 1.807) is 36.4 Å². The summed E-state index contributed by atoms with van der Waals surface area (Å²) < 4.78 is 6.33. The van der Waals surface area contributed by atoms with E-state index in [0.29, 0.717) is 17.0 Å². The number of carbonyl (C=O) groups is 2. The van der Waals surface area contributed by atoms with Crippen LogP contribution in [0, 0.1) is 0 Å². The van der Waals surface area contributed by atoms with E-state index in [2.05, 4.69) is 21.2 Å². The highest BCUT2D eigenvalue weighted by atomic mass is 79.9. The monoisotopic (exact) mass is 362 g/mol. The highest BCUT2D eigenvalue weighted by Crippen LogP contribution is 2.17. The molecule has 0 saturated carbocycles. The average Bonchev–Trinajstić information content (AvgIpc) is 2.48. The van der Waals surface area contributed by atoms with Crippen LogP contribution in [0.3, 0.4) is 0 Å². The fraction of sp³-hybridized carbons (Fsp3) is 0.125. The Morgan fingerprint density at radius 2 is 1.77 bits per heavy atom. The van der Waals surface area contributed by atoms with E-state index in [4.69, 9.17) is 10.5 Å². The molecule has 0 fully saturated rings. The van der Waals surface area contributed by atoms with Crippen molar-refractivity contribution in [1.29, 1.82) is 0 Å². The van der Waals surface area contributed by atoms with Gasteiger partial charge in [0, 0.05) is 10.2 Å². The van der Waals surface area contributed by atoms with Crippen LogP contribution in [0.4, 0.5) is 5.69 Å². The molecule has 5 nitrogen and oxygen atoms in total. The number of nitrogens with one attached hydrogen (secondary N) is 1. The number of primary amides is 1. The largest absolute Gasteiger partial charge is 0.484 e. The predicted molar refractivity (Wildman–Crippen MR) is 87.6 cm³/mol. The van der Waals surface area contributed by atoms with Crippen LogP contribution < -0.4 is 15.8 Å². The van der Waals surface area contributed by atoms with Gasteiger partial charge in [0.15, 0.2) is 6.61 Å². The molecule has 2 aromatic rings. The number of hydrogen-bond donors (Lipinski definition) is 2. The van der Waals surface area contributed by atoms with Crippen molar-refractivity contribution in [3.05, 3.63) is 58.6 Å². The first kappa shape index (κ1) is 16.0. The van der Waals surface area contributed by atoms with Gasteiger partial charge in [-0.2, -0.15) is 0 Å². The number of carbonyl (C=O) groups excluding carboxylic acids is 2. The van der Waals surface area contributed by atoms with E-state index < -0.39 is 5.91 Å². The summed E-state index contributed by atoms with van der Waals surface area (Å²) in [5, 5.41) is 2.72. The van der Waals surface area contributed by atoms with Gasteiger partial charge >= 0.3 is 0 Å². The standard InChI is InChI=1S/C16H15BrN2O3/c17-12-5-7-13(8-6-12)22-10-16(21)19-14-4-2-1-3-11(14)9-15(18)20/h1-8H,9-10H2,(H2,18,20)(H,19,21). The maximum Gasteiger partial charge on any atom is 0.262 e. The first-order valence-corrected chi connectivity index (χ1v) is 7.38. The van der Waals surface area contributed by atoms with Gasteiger partial charge in [0.05, 0.1) is 6.42 Å². The van der Waals surface area contributed by atoms with Crippen molar-refractivity contribution in [1.82, 2.24) is 0 Å².